The molecule has 2 aromatic carbocycles. The number of carbonyl (C=O) groups is 2. The van der Waals surface area contributed by atoms with Crippen LogP contribution in [0.3, 0.4) is 0 Å². The molecule has 2 aliphatic heterocycles. The van der Waals surface area contributed by atoms with Crippen molar-refractivity contribution in [1.82, 2.24) is 9.80 Å². The number of hydrogen-bond acceptors (Lipinski definition) is 9. The van der Waals surface area contributed by atoms with Gasteiger partial charge in [0.2, 0.25) is 5.75 Å². The Labute approximate surface area is 229 Å². The molecule has 4 rings (SSSR count). The third-order valence-electron chi connectivity index (χ3n) is 7.42. The van der Waals surface area contributed by atoms with Gasteiger partial charge in [-0.2, -0.15) is 0 Å². The Morgan fingerprint density at radius 2 is 1.72 bits per heavy atom. The van der Waals surface area contributed by atoms with Crippen molar-refractivity contribution in [1.29, 1.82) is 0 Å². The lowest BCUT2D eigenvalue weighted by Crippen LogP contribution is -2.38. The summed E-state index contributed by atoms with van der Waals surface area (Å²) in [4.78, 5) is 32.7. The van der Waals surface area contributed by atoms with Gasteiger partial charge in [-0.05, 0) is 49.0 Å². The first-order valence-electron chi connectivity index (χ1n) is 13.1. The van der Waals surface area contributed by atoms with E-state index in [-0.39, 0.29) is 11.3 Å². The molecule has 1 atom stereocenters. The second-order valence-electron chi connectivity index (χ2n) is 9.43. The van der Waals surface area contributed by atoms with Gasteiger partial charge in [-0.1, -0.05) is 13.8 Å². The summed E-state index contributed by atoms with van der Waals surface area (Å²) in [5, 5.41) is 11.6. The van der Waals surface area contributed by atoms with Gasteiger partial charge in [0.25, 0.3) is 11.7 Å². The number of ether oxygens (including phenoxy) is 4. The van der Waals surface area contributed by atoms with Crippen molar-refractivity contribution in [3.05, 3.63) is 47.0 Å². The lowest BCUT2D eigenvalue weighted by Gasteiger charge is -2.29. The number of ketones is 1. The molecule has 10 heteroatoms. The average Bonchev–Trinajstić information content (AvgIpc) is 3.21. The molecule has 39 heavy (non-hydrogen) atoms. The van der Waals surface area contributed by atoms with Gasteiger partial charge in [0.15, 0.2) is 11.5 Å². The summed E-state index contributed by atoms with van der Waals surface area (Å²) < 4.78 is 22.3. The topological polar surface area (TPSA) is 101 Å². The van der Waals surface area contributed by atoms with Gasteiger partial charge in [0.1, 0.15) is 18.1 Å². The molecule has 0 bridgehead atoms. The van der Waals surface area contributed by atoms with Crippen LogP contribution in [0, 0.1) is 0 Å². The summed E-state index contributed by atoms with van der Waals surface area (Å²) in [6.45, 7) is 7.83. The fourth-order valence-corrected chi connectivity index (χ4v) is 5.16. The Morgan fingerprint density at radius 3 is 2.31 bits per heavy atom. The van der Waals surface area contributed by atoms with E-state index >= 15 is 0 Å². The monoisotopic (exact) mass is 539 g/mol. The Hall–Kier alpha value is -3.92. The molecule has 1 fully saturated rings. The third kappa shape index (κ3) is 5.21. The summed E-state index contributed by atoms with van der Waals surface area (Å²) in [5.41, 5.74) is 1.78. The summed E-state index contributed by atoms with van der Waals surface area (Å²) in [6.07, 6.45) is 0. The zero-order valence-electron chi connectivity index (χ0n) is 23.4. The van der Waals surface area contributed by atoms with Crippen LogP contribution in [0.15, 0.2) is 35.9 Å². The van der Waals surface area contributed by atoms with Gasteiger partial charge >= 0.3 is 0 Å². The highest BCUT2D eigenvalue weighted by Crippen LogP contribution is 2.46. The van der Waals surface area contributed by atoms with Gasteiger partial charge in [-0.15, -0.1) is 0 Å². The van der Waals surface area contributed by atoms with Crippen LogP contribution in [0.1, 0.15) is 31.0 Å². The molecule has 10 nitrogen and oxygen atoms in total. The molecule has 1 unspecified atom stereocenters. The van der Waals surface area contributed by atoms with E-state index in [9.17, 15) is 14.7 Å². The van der Waals surface area contributed by atoms with Gasteiger partial charge in [0, 0.05) is 25.7 Å². The van der Waals surface area contributed by atoms with Crippen LogP contribution in [-0.4, -0.2) is 94.3 Å². The van der Waals surface area contributed by atoms with Crippen LogP contribution < -0.4 is 23.8 Å². The van der Waals surface area contributed by atoms with Crippen molar-refractivity contribution < 1.29 is 33.6 Å². The van der Waals surface area contributed by atoms with E-state index in [1.807, 2.05) is 25.8 Å². The van der Waals surface area contributed by atoms with Crippen LogP contribution in [-0.2, 0) is 9.59 Å². The van der Waals surface area contributed by atoms with Crippen LogP contribution in [0.2, 0.25) is 0 Å². The number of likely N-dealkylation sites (tertiary alicyclic amines) is 1. The highest BCUT2D eigenvalue weighted by molar-refractivity contribution is 6.46. The number of anilines is 1. The zero-order chi connectivity index (χ0) is 28.3. The third-order valence-corrected chi connectivity index (χ3v) is 7.42. The number of rotatable bonds is 10. The van der Waals surface area contributed by atoms with Crippen molar-refractivity contribution in [3.63, 3.8) is 0 Å². The van der Waals surface area contributed by atoms with Gasteiger partial charge in [-0.25, -0.2) is 0 Å². The Bertz CT molecular complexity index is 1250. The first kappa shape index (κ1) is 28.1. The first-order valence-corrected chi connectivity index (χ1v) is 13.1. The molecule has 0 aromatic heterocycles. The molecule has 0 radical (unpaired) electrons. The number of Topliss-reactive ketones (excluding diaryl/α,β-unsaturated/α-hetero) is 1. The van der Waals surface area contributed by atoms with E-state index in [1.54, 1.807) is 30.3 Å². The smallest absolute Gasteiger partial charge is 0.295 e. The largest absolute Gasteiger partial charge is 0.507 e. The number of carbonyl (C=O) groups excluding carboxylic acids is 2. The highest BCUT2D eigenvalue weighted by Gasteiger charge is 2.46. The van der Waals surface area contributed by atoms with E-state index < -0.39 is 17.7 Å². The maximum atomic E-state index is 13.5. The number of nitrogens with zero attached hydrogens (tertiary/aromatic N) is 3. The minimum atomic E-state index is -0.862. The van der Waals surface area contributed by atoms with Crippen molar-refractivity contribution in [2.24, 2.45) is 0 Å². The maximum absolute atomic E-state index is 13.5. The normalized spacial score (nSPS) is 18.3. The lowest BCUT2D eigenvalue weighted by atomic mass is 9.94. The van der Waals surface area contributed by atoms with Crippen molar-refractivity contribution in [3.8, 4) is 23.0 Å². The molecular weight excluding hydrogens is 502 g/mol. The standard InChI is InChI=1S/C29H37N3O7/c1-7-31(8-2)11-12-32-25(19-16-22(36-4)28(38-6)23(17-19)37-5)24(27(34)29(32)35)26(33)18-9-10-21-20(15-18)30(3)13-14-39-21/h9-10,15-17,25,33H,7-8,11-14H2,1-6H3/b26-24+. The first-order chi connectivity index (χ1) is 18.8. The molecule has 2 aliphatic rings. The molecule has 1 N–H and O–H groups in total. The van der Waals surface area contributed by atoms with E-state index in [1.165, 1.54) is 26.2 Å². The van der Waals surface area contributed by atoms with Crippen molar-refractivity contribution in [2.45, 2.75) is 19.9 Å². The second kappa shape index (κ2) is 11.9. The highest BCUT2D eigenvalue weighted by atomic mass is 16.5. The predicted octanol–water partition coefficient (Wildman–Crippen LogP) is 3.30. The fraction of sp³-hybridized carbons (Fsp3) is 0.448. The van der Waals surface area contributed by atoms with Crippen LogP contribution in [0.25, 0.3) is 5.76 Å². The van der Waals surface area contributed by atoms with E-state index in [0.29, 0.717) is 60.4 Å². The van der Waals surface area contributed by atoms with E-state index in [4.69, 9.17) is 18.9 Å². The van der Waals surface area contributed by atoms with Crippen LogP contribution >= 0.6 is 0 Å². The van der Waals surface area contributed by atoms with Crippen molar-refractivity contribution in [2.75, 3.05) is 72.6 Å². The van der Waals surface area contributed by atoms with E-state index in [2.05, 4.69) is 4.90 Å². The Balaban J connectivity index is 1.89. The molecule has 0 spiro atoms. The second-order valence-corrected chi connectivity index (χ2v) is 9.43. The number of likely N-dealkylation sites (N-methyl/N-ethyl adjacent to an activating group) is 2. The number of fused-ring (bicyclic) bond motifs is 1. The van der Waals surface area contributed by atoms with E-state index in [0.717, 1.165) is 18.8 Å². The molecule has 2 aromatic rings. The van der Waals surface area contributed by atoms with Crippen LogP contribution in [0.5, 0.6) is 23.0 Å². The lowest BCUT2D eigenvalue weighted by molar-refractivity contribution is -0.140. The molecule has 0 saturated carbocycles. The fourth-order valence-electron chi connectivity index (χ4n) is 5.16. The molecule has 1 saturated heterocycles. The SMILES string of the molecule is CCN(CC)CCN1C(=O)C(=O)/C(=C(/O)c2ccc3c(c2)N(C)CCO3)C1c1cc(OC)c(OC)c(OC)c1. The maximum Gasteiger partial charge on any atom is 0.295 e. The number of aliphatic hydroxyl groups is 1. The molecule has 2 heterocycles. The van der Waals surface area contributed by atoms with Gasteiger partial charge < -0.3 is 38.8 Å². The Morgan fingerprint density at radius 1 is 1.05 bits per heavy atom. The summed E-state index contributed by atoms with van der Waals surface area (Å²) in [6, 6.07) is 7.81. The van der Waals surface area contributed by atoms with Crippen LogP contribution in [0.4, 0.5) is 5.69 Å². The predicted molar refractivity (Wildman–Crippen MR) is 148 cm³/mol. The molecule has 210 valence electrons. The van der Waals surface area contributed by atoms with Crippen molar-refractivity contribution >= 4 is 23.1 Å². The summed E-state index contributed by atoms with van der Waals surface area (Å²) in [5.74, 6) is 0.193. The van der Waals surface area contributed by atoms with Gasteiger partial charge in [0.05, 0.1) is 45.2 Å². The quantitative estimate of drug-likeness (QED) is 0.277. The number of aliphatic hydroxyl groups excluding tert-OH is 1. The van der Waals surface area contributed by atoms with Gasteiger partial charge in [-0.3, -0.25) is 9.59 Å². The summed E-state index contributed by atoms with van der Waals surface area (Å²) in [7, 11) is 6.45. The number of hydrogen-bond donors (Lipinski definition) is 1. The molecule has 0 aliphatic carbocycles. The average molecular weight is 540 g/mol. The number of methoxy groups -OCH3 is 3. The Kier molecular flexibility index (Phi) is 8.54. The summed E-state index contributed by atoms with van der Waals surface area (Å²) >= 11 is 0. The number of amides is 1. The minimum absolute atomic E-state index is 0.00755. The molecule has 1 amide bonds. The number of benzene rings is 2. The minimum Gasteiger partial charge on any atom is -0.507 e. The molecular formula is C29H37N3O7. The zero-order valence-corrected chi connectivity index (χ0v) is 23.4.